The normalized spacial score (nSPS) is 23.7. The topological polar surface area (TPSA) is 63.4 Å². The number of thioether (sulfide) groups is 1. The van der Waals surface area contributed by atoms with Crippen LogP contribution < -0.4 is 5.73 Å². The predicted octanol–water partition coefficient (Wildman–Crippen LogP) is 2.42. The van der Waals surface area contributed by atoms with E-state index in [-0.39, 0.29) is 6.04 Å². The number of benzene rings is 1. The molecular weight excluding hydrogens is 328 g/mol. The van der Waals surface area contributed by atoms with Crippen LogP contribution in [0.3, 0.4) is 0 Å². The van der Waals surface area contributed by atoms with Crippen molar-refractivity contribution in [1.29, 1.82) is 0 Å². The Morgan fingerprint density at radius 2 is 2.14 bits per heavy atom. The van der Waals surface area contributed by atoms with Gasteiger partial charge in [-0.3, -0.25) is 4.90 Å². The van der Waals surface area contributed by atoms with Crippen molar-refractivity contribution in [2.24, 2.45) is 11.7 Å². The molecule has 1 aliphatic heterocycles. The van der Waals surface area contributed by atoms with E-state index in [1.807, 2.05) is 19.4 Å². The van der Waals surface area contributed by atoms with Gasteiger partial charge in [0.05, 0.1) is 9.92 Å². The van der Waals surface area contributed by atoms with E-state index in [0.29, 0.717) is 27.3 Å². The van der Waals surface area contributed by atoms with Gasteiger partial charge >= 0.3 is 0 Å². The van der Waals surface area contributed by atoms with Crippen molar-refractivity contribution in [2.45, 2.75) is 22.3 Å². The minimum atomic E-state index is -3.31. The van der Waals surface area contributed by atoms with E-state index in [4.69, 9.17) is 17.3 Å². The Bertz CT molecular complexity index is 634. The van der Waals surface area contributed by atoms with Crippen LogP contribution in [0.2, 0.25) is 5.02 Å². The molecule has 0 bridgehead atoms. The molecule has 1 heterocycles. The molecule has 7 heteroatoms. The van der Waals surface area contributed by atoms with Crippen LogP contribution in [0.15, 0.2) is 21.9 Å². The van der Waals surface area contributed by atoms with E-state index in [2.05, 4.69) is 4.90 Å². The standard InChI is InChI=1S/C14H21ClN2O2S2/c1-17-8-9(7-16)4-12(17)10-5-11(15)14(20-2)13(6-10)21(3,18)19/h5-6,9,12H,4,7-8,16H2,1-3H3. The first-order chi connectivity index (χ1) is 9.77. The van der Waals surface area contributed by atoms with Gasteiger partial charge in [0.25, 0.3) is 0 Å². The van der Waals surface area contributed by atoms with Crippen LogP contribution in [0.1, 0.15) is 18.0 Å². The zero-order chi connectivity index (χ0) is 15.8. The van der Waals surface area contributed by atoms with Gasteiger partial charge < -0.3 is 5.73 Å². The maximum atomic E-state index is 12.0. The summed E-state index contributed by atoms with van der Waals surface area (Å²) in [7, 11) is -1.27. The maximum Gasteiger partial charge on any atom is 0.176 e. The van der Waals surface area contributed by atoms with Gasteiger partial charge in [-0.1, -0.05) is 11.6 Å². The highest BCUT2D eigenvalue weighted by Crippen LogP contribution is 2.39. The zero-order valence-electron chi connectivity index (χ0n) is 12.5. The number of likely N-dealkylation sites (tertiary alicyclic amines) is 1. The molecule has 0 radical (unpaired) electrons. The van der Waals surface area contributed by atoms with Crippen molar-refractivity contribution in [2.75, 3.05) is 32.6 Å². The van der Waals surface area contributed by atoms with Gasteiger partial charge in [-0.05, 0) is 49.9 Å². The Labute approximate surface area is 135 Å². The Balaban J connectivity index is 2.49. The van der Waals surface area contributed by atoms with Crippen LogP contribution in [0.25, 0.3) is 0 Å². The fraction of sp³-hybridized carbons (Fsp3) is 0.571. The summed E-state index contributed by atoms with van der Waals surface area (Å²) in [6, 6.07) is 3.84. The van der Waals surface area contributed by atoms with Crippen molar-refractivity contribution in [3.63, 3.8) is 0 Å². The maximum absolute atomic E-state index is 12.0. The van der Waals surface area contributed by atoms with Crippen molar-refractivity contribution in [3.8, 4) is 0 Å². The van der Waals surface area contributed by atoms with Crippen LogP contribution in [-0.4, -0.2) is 46.0 Å². The lowest BCUT2D eigenvalue weighted by Gasteiger charge is -2.21. The molecule has 2 atom stereocenters. The quantitative estimate of drug-likeness (QED) is 0.846. The highest BCUT2D eigenvalue weighted by Gasteiger charge is 2.31. The second-order valence-electron chi connectivity index (χ2n) is 5.60. The molecular formula is C14H21ClN2O2S2. The summed E-state index contributed by atoms with van der Waals surface area (Å²) in [6.45, 7) is 1.58. The Morgan fingerprint density at radius 1 is 1.48 bits per heavy atom. The highest BCUT2D eigenvalue weighted by atomic mass is 35.5. The minimum Gasteiger partial charge on any atom is -0.330 e. The lowest BCUT2D eigenvalue weighted by atomic mass is 10.00. The Hall–Kier alpha value is -0.270. The summed E-state index contributed by atoms with van der Waals surface area (Å²) < 4.78 is 24.1. The van der Waals surface area contributed by atoms with Gasteiger partial charge in [0, 0.05) is 23.7 Å². The second kappa shape index (κ2) is 6.46. The molecule has 1 aromatic rings. The number of nitrogens with zero attached hydrogens (tertiary/aromatic N) is 1. The molecule has 0 saturated carbocycles. The largest absolute Gasteiger partial charge is 0.330 e. The van der Waals surface area contributed by atoms with Crippen molar-refractivity contribution in [1.82, 2.24) is 4.90 Å². The van der Waals surface area contributed by atoms with Gasteiger partial charge in [-0.2, -0.15) is 0 Å². The van der Waals surface area contributed by atoms with E-state index in [1.54, 1.807) is 6.07 Å². The minimum absolute atomic E-state index is 0.174. The molecule has 1 aliphatic rings. The first kappa shape index (κ1) is 17.1. The SMILES string of the molecule is CSc1c(Cl)cc(C2CC(CN)CN2C)cc1S(C)(=O)=O. The van der Waals surface area contributed by atoms with Crippen molar-refractivity contribution >= 4 is 33.2 Å². The summed E-state index contributed by atoms with van der Waals surface area (Å²) >= 11 is 7.67. The van der Waals surface area contributed by atoms with Crippen LogP contribution in [-0.2, 0) is 9.84 Å². The number of hydrogen-bond acceptors (Lipinski definition) is 5. The second-order valence-corrected chi connectivity index (χ2v) is 8.81. The Morgan fingerprint density at radius 3 is 2.62 bits per heavy atom. The van der Waals surface area contributed by atoms with Gasteiger partial charge in [-0.25, -0.2) is 8.42 Å². The number of sulfone groups is 1. The number of rotatable bonds is 4. The van der Waals surface area contributed by atoms with Gasteiger partial charge in [0.1, 0.15) is 0 Å². The summed E-state index contributed by atoms with van der Waals surface area (Å²) in [5.41, 5.74) is 6.71. The third-order valence-corrected chi connectivity index (χ3v) is 6.50. The molecule has 2 unspecified atom stereocenters. The summed E-state index contributed by atoms with van der Waals surface area (Å²) in [4.78, 5) is 3.16. The average Bonchev–Trinajstić information content (AvgIpc) is 2.78. The predicted molar refractivity (Wildman–Crippen MR) is 88.9 cm³/mol. The molecule has 1 aromatic carbocycles. The summed E-state index contributed by atoms with van der Waals surface area (Å²) in [5.74, 6) is 0.445. The molecule has 118 valence electrons. The third kappa shape index (κ3) is 3.56. The first-order valence-electron chi connectivity index (χ1n) is 6.75. The monoisotopic (exact) mass is 348 g/mol. The number of hydrogen-bond donors (Lipinski definition) is 1. The lowest BCUT2D eigenvalue weighted by molar-refractivity contribution is 0.313. The lowest BCUT2D eigenvalue weighted by Crippen LogP contribution is -2.20. The number of halogens is 1. The van der Waals surface area contributed by atoms with E-state index in [9.17, 15) is 8.42 Å². The molecule has 2 rings (SSSR count). The molecule has 0 aliphatic carbocycles. The van der Waals surface area contributed by atoms with Crippen LogP contribution >= 0.6 is 23.4 Å². The van der Waals surface area contributed by atoms with Gasteiger partial charge in [-0.15, -0.1) is 11.8 Å². The van der Waals surface area contributed by atoms with Gasteiger partial charge in [0.15, 0.2) is 9.84 Å². The molecule has 1 saturated heterocycles. The van der Waals surface area contributed by atoms with Crippen LogP contribution in [0.4, 0.5) is 0 Å². The third-order valence-electron chi connectivity index (χ3n) is 3.99. The Kier molecular flexibility index (Phi) is 5.26. The molecule has 1 fully saturated rings. The van der Waals surface area contributed by atoms with Gasteiger partial charge in [0.2, 0.25) is 0 Å². The highest BCUT2D eigenvalue weighted by molar-refractivity contribution is 7.99. The van der Waals surface area contributed by atoms with Crippen LogP contribution in [0, 0.1) is 5.92 Å². The average molecular weight is 349 g/mol. The van der Waals surface area contributed by atoms with E-state index < -0.39 is 9.84 Å². The van der Waals surface area contributed by atoms with E-state index in [0.717, 1.165) is 18.5 Å². The van der Waals surface area contributed by atoms with Crippen molar-refractivity contribution in [3.05, 3.63) is 22.7 Å². The fourth-order valence-corrected chi connectivity index (χ4v) is 5.45. The summed E-state index contributed by atoms with van der Waals surface area (Å²) in [5, 5.41) is 0.505. The van der Waals surface area contributed by atoms with E-state index in [1.165, 1.54) is 18.0 Å². The molecule has 2 N–H and O–H groups in total. The molecule has 21 heavy (non-hydrogen) atoms. The molecule has 4 nitrogen and oxygen atoms in total. The fourth-order valence-electron chi connectivity index (χ4n) is 2.92. The van der Waals surface area contributed by atoms with Crippen LogP contribution in [0.5, 0.6) is 0 Å². The molecule has 0 amide bonds. The first-order valence-corrected chi connectivity index (χ1v) is 10.2. The molecule has 0 spiro atoms. The molecule has 0 aromatic heterocycles. The summed E-state index contributed by atoms with van der Waals surface area (Å²) in [6.07, 6.45) is 4.00. The number of nitrogens with two attached hydrogens (primary N) is 1. The zero-order valence-corrected chi connectivity index (χ0v) is 14.9. The van der Waals surface area contributed by atoms with Crippen molar-refractivity contribution < 1.29 is 8.42 Å². The van der Waals surface area contributed by atoms with E-state index >= 15 is 0 Å². The smallest absolute Gasteiger partial charge is 0.176 e.